The van der Waals surface area contributed by atoms with E-state index in [4.69, 9.17) is 27.9 Å². The summed E-state index contributed by atoms with van der Waals surface area (Å²) in [6.07, 6.45) is 0. The maximum atomic E-state index is 6.06. The molecule has 0 radical (unpaired) electrons. The molecule has 0 aliphatic carbocycles. The normalized spacial score (nSPS) is 10.2. The highest BCUT2D eigenvalue weighted by Gasteiger charge is 2.09. The molecule has 1 aromatic heterocycles. The van der Waals surface area contributed by atoms with Crippen LogP contribution in [0, 0.1) is 6.92 Å². The Balaban J connectivity index is 2.39. The second-order valence-corrected chi connectivity index (χ2v) is 4.47. The number of hydrogen-bond donors (Lipinski definition) is 4. The molecule has 0 aliphatic rings. The van der Waals surface area contributed by atoms with E-state index in [0.29, 0.717) is 22.4 Å². The number of hydrogen-bond acceptors (Lipinski definition) is 7. The molecule has 7 nitrogen and oxygen atoms in total. The second-order valence-electron chi connectivity index (χ2n) is 4.07. The molecule has 0 unspecified atom stereocenters. The summed E-state index contributed by atoms with van der Waals surface area (Å²) in [5.41, 5.74) is 9.65. The number of nitrogens with one attached hydrogen (secondary N) is 2. The molecule has 2 aromatic rings. The zero-order valence-electron chi connectivity index (χ0n) is 11.1. The lowest BCUT2D eigenvalue weighted by molar-refractivity contribution is 0.416. The van der Waals surface area contributed by atoms with Crippen molar-refractivity contribution in [2.24, 2.45) is 5.84 Å². The number of ether oxygens (including phenoxy) is 1. The number of benzene rings is 1. The van der Waals surface area contributed by atoms with Crippen LogP contribution in [-0.2, 0) is 0 Å². The van der Waals surface area contributed by atoms with Gasteiger partial charge in [-0.3, -0.25) is 0 Å². The van der Waals surface area contributed by atoms with Crippen molar-refractivity contribution in [2.75, 3.05) is 23.6 Å². The highest BCUT2D eigenvalue weighted by molar-refractivity contribution is 6.31. The zero-order chi connectivity index (χ0) is 14.7. The average molecular weight is 295 g/mol. The molecule has 0 aliphatic heterocycles. The van der Waals surface area contributed by atoms with Crippen molar-refractivity contribution in [3.63, 3.8) is 0 Å². The number of nitrogens with two attached hydrogens (primary N) is 2. The van der Waals surface area contributed by atoms with Gasteiger partial charge in [-0.15, -0.1) is 0 Å². The van der Waals surface area contributed by atoms with Crippen molar-refractivity contribution in [1.29, 1.82) is 0 Å². The monoisotopic (exact) mass is 294 g/mol. The lowest BCUT2D eigenvalue weighted by Crippen LogP contribution is -2.11. The van der Waals surface area contributed by atoms with Gasteiger partial charge >= 0.3 is 0 Å². The van der Waals surface area contributed by atoms with Crippen LogP contribution >= 0.6 is 11.6 Å². The predicted octanol–water partition coefficient (Wildman–Crippen LogP) is 2.06. The molecular formula is C12H15ClN6O. The first-order chi connectivity index (χ1) is 9.53. The van der Waals surface area contributed by atoms with Crippen LogP contribution in [0.2, 0.25) is 5.02 Å². The van der Waals surface area contributed by atoms with Gasteiger partial charge in [-0.2, -0.15) is 9.97 Å². The minimum Gasteiger partial charge on any atom is -0.495 e. The number of hydrazine groups is 1. The number of nitrogens with zero attached hydrogens (tertiary/aromatic N) is 2. The lowest BCUT2D eigenvalue weighted by Gasteiger charge is -2.13. The van der Waals surface area contributed by atoms with Crippen LogP contribution in [0.1, 0.15) is 5.56 Å². The van der Waals surface area contributed by atoms with Gasteiger partial charge in [0.05, 0.1) is 12.8 Å². The van der Waals surface area contributed by atoms with Crippen molar-refractivity contribution >= 4 is 34.9 Å². The first-order valence-electron chi connectivity index (χ1n) is 5.76. The second kappa shape index (κ2) is 5.81. The van der Waals surface area contributed by atoms with E-state index < -0.39 is 0 Å². The molecule has 106 valence electrons. The van der Waals surface area contributed by atoms with Gasteiger partial charge in [0, 0.05) is 17.2 Å². The Labute approximate surface area is 121 Å². The fourth-order valence-corrected chi connectivity index (χ4v) is 1.83. The maximum Gasteiger partial charge on any atom is 0.223 e. The van der Waals surface area contributed by atoms with Gasteiger partial charge in [0.1, 0.15) is 17.4 Å². The third kappa shape index (κ3) is 3.01. The highest BCUT2D eigenvalue weighted by atomic mass is 35.5. The number of aryl methyl sites for hydroxylation is 1. The van der Waals surface area contributed by atoms with E-state index in [0.717, 1.165) is 11.3 Å². The van der Waals surface area contributed by atoms with Crippen molar-refractivity contribution in [3.8, 4) is 5.75 Å². The van der Waals surface area contributed by atoms with Gasteiger partial charge in [-0.1, -0.05) is 11.6 Å². The number of anilines is 4. The standard InChI is InChI=1S/C12H15ClN6O/c1-6-3-8(9(20-2)4-7(6)13)16-10-5-11(19-15)18-12(14)17-10/h3-5H,15H2,1-2H3,(H4,14,16,17,18,19). The van der Waals surface area contributed by atoms with Gasteiger partial charge in [-0.25, -0.2) is 5.84 Å². The largest absolute Gasteiger partial charge is 0.495 e. The molecule has 0 fully saturated rings. The molecule has 0 saturated carbocycles. The predicted molar refractivity (Wildman–Crippen MR) is 80.3 cm³/mol. The first-order valence-corrected chi connectivity index (χ1v) is 6.13. The van der Waals surface area contributed by atoms with Crippen molar-refractivity contribution < 1.29 is 4.74 Å². The lowest BCUT2D eigenvalue weighted by atomic mass is 10.2. The van der Waals surface area contributed by atoms with E-state index >= 15 is 0 Å². The van der Waals surface area contributed by atoms with E-state index in [9.17, 15) is 0 Å². The van der Waals surface area contributed by atoms with Crippen LogP contribution in [0.4, 0.5) is 23.3 Å². The topological polar surface area (TPSA) is 111 Å². The van der Waals surface area contributed by atoms with Gasteiger partial charge in [0.2, 0.25) is 5.95 Å². The van der Waals surface area contributed by atoms with Crippen molar-refractivity contribution in [2.45, 2.75) is 6.92 Å². The Hall–Kier alpha value is -2.25. The molecule has 0 amide bonds. The molecule has 0 spiro atoms. The summed E-state index contributed by atoms with van der Waals surface area (Å²) in [5.74, 6) is 6.92. The SMILES string of the molecule is COc1cc(Cl)c(C)cc1Nc1cc(NN)nc(N)n1. The molecule has 1 heterocycles. The van der Waals surface area contributed by atoms with Gasteiger partial charge < -0.3 is 21.2 Å². The van der Waals surface area contributed by atoms with Crippen LogP contribution in [0.15, 0.2) is 18.2 Å². The zero-order valence-corrected chi connectivity index (χ0v) is 11.8. The summed E-state index contributed by atoms with van der Waals surface area (Å²) in [4.78, 5) is 7.98. The Kier molecular flexibility index (Phi) is 4.11. The maximum absolute atomic E-state index is 6.06. The summed E-state index contributed by atoms with van der Waals surface area (Å²) in [7, 11) is 1.56. The fraction of sp³-hybridized carbons (Fsp3) is 0.167. The molecule has 0 saturated heterocycles. The minimum atomic E-state index is 0.104. The summed E-state index contributed by atoms with van der Waals surface area (Å²) in [5, 5.41) is 3.72. The van der Waals surface area contributed by atoms with E-state index in [1.165, 1.54) is 0 Å². The molecule has 8 heteroatoms. The number of nitrogen functional groups attached to an aromatic ring is 2. The van der Waals surface area contributed by atoms with Crippen LogP contribution in [-0.4, -0.2) is 17.1 Å². The van der Waals surface area contributed by atoms with E-state index in [2.05, 4.69) is 20.7 Å². The average Bonchev–Trinajstić information content (AvgIpc) is 2.42. The molecule has 6 N–H and O–H groups in total. The Morgan fingerprint density at radius 2 is 1.90 bits per heavy atom. The Bertz CT molecular complexity index is 634. The van der Waals surface area contributed by atoms with E-state index in [1.807, 2.05) is 13.0 Å². The van der Waals surface area contributed by atoms with Crippen LogP contribution in [0.3, 0.4) is 0 Å². The Morgan fingerprint density at radius 1 is 1.20 bits per heavy atom. The third-order valence-corrected chi connectivity index (χ3v) is 3.04. The van der Waals surface area contributed by atoms with Crippen molar-refractivity contribution in [1.82, 2.24) is 9.97 Å². The van der Waals surface area contributed by atoms with Crippen LogP contribution < -0.4 is 27.1 Å². The van der Waals surface area contributed by atoms with Gasteiger partial charge in [0.15, 0.2) is 0 Å². The smallest absolute Gasteiger partial charge is 0.223 e. The molecule has 1 aromatic carbocycles. The molecule has 20 heavy (non-hydrogen) atoms. The van der Waals surface area contributed by atoms with E-state index in [-0.39, 0.29) is 5.95 Å². The highest BCUT2D eigenvalue weighted by Crippen LogP contribution is 2.32. The fourth-order valence-electron chi connectivity index (χ4n) is 1.67. The third-order valence-electron chi connectivity index (χ3n) is 2.63. The van der Waals surface area contributed by atoms with E-state index in [1.54, 1.807) is 19.2 Å². The summed E-state index contributed by atoms with van der Waals surface area (Å²) in [6.45, 7) is 1.90. The first kappa shape index (κ1) is 14.2. The number of aromatic nitrogens is 2. The van der Waals surface area contributed by atoms with Gasteiger partial charge in [-0.05, 0) is 18.6 Å². The quantitative estimate of drug-likeness (QED) is 0.504. The Morgan fingerprint density at radius 3 is 2.55 bits per heavy atom. The van der Waals surface area contributed by atoms with Crippen LogP contribution in [0.25, 0.3) is 0 Å². The van der Waals surface area contributed by atoms with Crippen molar-refractivity contribution in [3.05, 3.63) is 28.8 Å². The number of halogens is 1. The summed E-state index contributed by atoms with van der Waals surface area (Å²) in [6, 6.07) is 5.21. The van der Waals surface area contributed by atoms with Crippen LogP contribution in [0.5, 0.6) is 5.75 Å². The molecule has 2 rings (SSSR count). The molecule has 0 atom stereocenters. The number of methoxy groups -OCH3 is 1. The van der Waals surface area contributed by atoms with Gasteiger partial charge in [0.25, 0.3) is 0 Å². The summed E-state index contributed by atoms with van der Waals surface area (Å²) < 4.78 is 5.28. The molecule has 0 bridgehead atoms. The number of rotatable bonds is 4. The summed E-state index contributed by atoms with van der Waals surface area (Å²) >= 11 is 6.06. The minimum absolute atomic E-state index is 0.104. The molecular weight excluding hydrogens is 280 g/mol.